The summed E-state index contributed by atoms with van der Waals surface area (Å²) in [4.78, 5) is 11.2. The van der Waals surface area contributed by atoms with Crippen LogP contribution in [0.15, 0.2) is 0 Å². The molecule has 1 aromatic rings. The van der Waals surface area contributed by atoms with Gasteiger partial charge in [-0.1, -0.05) is 0 Å². The first-order valence-corrected chi connectivity index (χ1v) is 6.23. The van der Waals surface area contributed by atoms with Gasteiger partial charge in [0.2, 0.25) is 5.28 Å². The second kappa shape index (κ2) is 3.41. The monoisotopic (exact) mass is 237 g/mol. The zero-order chi connectivity index (χ0) is 11.3. The first-order chi connectivity index (χ1) is 7.58. The molecule has 0 spiro atoms. The van der Waals surface area contributed by atoms with Crippen molar-refractivity contribution >= 4 is 11.6 Å². The van der Waals surface area contributed by atoms with E-state index in [0.717, 1.165) is 30.9 Å². The van der Waals surface area contributed by atoms with E-state index < -0.39 is 0 Å². The van der Waals surface area contributed by atoms with Crippen LogP contribution < -0.4 is 0 Å². The Kier molecular flexibility index (Phi) is 2.23. The van der Waals surface area contributed by atoms with E-state index in [1.54, 1.807) is 0 Å². The molecule has 4 heteroatoms. The highest BCUT2D eigenvalue weighted by Crippen LogP contribution is 2.43. The average Bonchev–Trinajstić information content (AvgIpc) is 2.97. The molecule has 0 bridgehead atoms. The highest BCUT2D eigenvalue weighted by molar-refractivity contribution is 6.28. The minimum Gasteiger partial charge on any atom is -0.293 e. The molecule has 0 unspecified atom stereocenters. The van der Waals surface area contributed by atoms with E-state index in [9.17, 15) is 0 Å². The van der Waals surface area contributed by atoms with Gasteiger partial charge >= 0.3 is 0 Å². The van der Waals surface area contributed by atoms with E-state index >= 15 is 0 Å². The summed E-state index contributed by atoms with van der Waals surface area (Å²) < 4.78 is 0. The lowest BCUT2D eigenvalue weighted by atomic mass is 10.0. The minimum atomic E-state index is 0.391. The van der Waals surface area contributed by atoms with Crippen molar-refractivity contribution in [1.29, 1.82) is 0 Å². The quantitative estimate of drug-likeness (QED) is 0.703. The molecule has 2 heterocycles. The van der Waals surface area contributed by atoms with Crippen LogP contribution in [0, 0.1) is 6.92 Å². The van der Waals surface area contributed by atoms with E-state index in [2.05, 4.69) is 21.8 Å². The van der Waals surface area contributed by atoms with E-state index in [1.165, 1.54) is 18.4 Å². The van der Waals surface area contributed by atoms with Crippen LogP contribution in [0.1, 0.15) is 36.7 Å². The van der Waals surface area contributed by atoms with Crippen LogP contribution in [0.4, 0.5) is 0 Å². The lowest BCUT2D eigenvalue weighted by Gasteiger charge is -2.33. The number of hydrogen-bond donors (Lipinski definition) is 0. The van der Waals surface area contributed by atoms with Crippen LogP contribution in [-0.4, -0.2) is 27.0 Å². The zero-order valence-corrected chi connectivity index (χ0v) is 10.5. The van der Waals surface area contributed by atoms with Gasteiger partial charge in [0.05, 0.1) is 5.69 Å². The van der Waals surface area contributed by atoms with Crippen molar-refractivity contribution in [3.8, 4) is 0 Å². The molecule has 3 rings (SSSR count). The van der Waals surface area contributed by atoms with Gasteiger partial charge in [-0.25, -0.2) is 9.97 Å². The second-order valence-electron chi connectivity index (χ2n) is 5.17. The average molecular weight is 238 g/mol. The number of fused-ring (bicyclic) bond motifs is 1. The largest absolute Gasteiger partial charge is 0.293 e. The van der Waals surface area contributed by atoms with Gasteiger partial charge in [-0.05, 0) is 38.3 Å². The first-order valence-electron chi connectivity index (χ1n) is 5.85. The Morgan fingerprint density at radius 1 is 1.31 bits per heavy atom. The number of rotatable bonds is 1. The predicted octanol–water partition coefficient (Wildman–Crippen LogP) is 2.35. The number of halogens is 1. The Labute approximate surface area is 101 Å². The Hall–Kier alpha value is -0.670. The predicted molar refractivity (Wildman–Crippen MR) is 63.5 cm³/mol. The molecule has 0 N–H and O–H groups in total. The fourth-order valence-electron chi connectivity index (χ4n) is 2.50. The minimum absolute atomic E-state index is 0.391. The Morgan fingerprint density at radius 3 is 2.75 bits per heavy atom. The Morgan fingerprint density at radius 2 is 2.06 bits per heavy atom. The lowest BCUT2D eigenvalue weighted by molar-refractivity contribution is 0.170. The van der Waals surface area contributed by atoms with Gasteiger partial charge in [-0.3, -0.25) is 4.90 Å². The lowest BCUT2D eigenvalue weighted by Crippen LogP contribution is -2.40. The molecule has 1 aliphatic heterocycles. The van der Waals surface area contributed by atoms with Crippen molar-refractivity contribution in [1.82, 2.24) is 14.9 Å². The number of nitrogens with zero attached hydrogens (tertiary/aromatic N) is 3. The van der Waals surface area contributed by atoms with E-state index in [1.807, 2.05) is 6.92 Å². The maximum atomic E-state index is 5.88. The highest BCUT2D eigenvalue weighted by Gasteiger charge is 2.44. The van der Waals surface area contributed by atoms with Gasteiger partial charge in [0.1, 0.15) is 0 Å². The van der Waals surface area contributed by atoms with Crippen LogP contribution in [0.25, 0.3) is 0 Å². The Balaban J connectivity index is 1.94. The van der Waals surface area contributed by atoms with Gasteiger partial charge in [0.25, 0.3) is 0 Å². The van der Waals surface area contributed by atoms with Gasteiger partial charge in [0, 0.05) is 36.3 Å². The maximum absolute atomic E-state index is 5.88. The zero-order valence-electron chi connectivity index (χ0n) is 9.76. The van der Waals surface area contributed by atoms with E-state index in [4.69, 9.17) is 11.6 Å². The molecule has 86 valence electrons. The molecule has 3 nitrogen and oxygen atoms in total. The SMILES string of the molecule is Cc1nc(Cl)nc2c1CN(C1(C)CC1)CC2. The molecule has 1 saturated carbocycles. The number of aryl methyl sites for hydroxylation is 1. The first kappa shape index (κ1) is 10.5. The number of aromatic nitrogens is 2. The van der Waals surface area contributed by atoms with Crippen molar-refractivity contribution in [2.75, 3.05) is 6.54 Å². The normalized spacial score (nSPS) is 22.9. The maximum Gasteiger partial charge on any atom is 0.222 e. The number of hydrogen-bond acceptors (Lipinski definition) is 3. The van der Waals surface area contributed by atoms with Gasteiger partial charge in [0.15, 0.2) is 0 Å². The van der Waals surface area contributed by atoms with Gasteiger partial charge in [-0.2, -0.15) is 0 Å². The molecule has 0 aromatic carbocycles. The van der Waals surface area contributed by atoms with Crippen LogP contribution in [0.5, 0.6) is 0 Å². The topological polar surface area (TPSA) is 29.0 Å². The second-order valence-corrected chi connectivity index (χ2v) is 5.51. The summed E-state index contributed by atoms with van der Waals surface area (Å²) in [6.07, 6.45) is 3.67. The van der Waals surface area contributed by atoms with Gasteiger partial charge < -0.3 is 0 Å². The van der Waals surface area contributed by atoms with Crippen molar-refractivity contribution in [3.63, 3.8) is 0 Å². The summed E-state index contributed by atoms with van der Waals surface area (Å²) >= 11 is 5.88. The highest BCUT2D eigenvalue weighted by atomic mass is 35.5. The van der Waals surface area contributed by atoms with Crippen molar-refractivity contribution in [2.45, 2.75) is 45.2 Å². The molecule has 0 atom stereocenters. The molecule has 2 aliphatic rings. The van der Waals surface area contributed by atoms with E-state index in [-0.39, 0.29) is 0 Å². The Bertz CT molecular complexity index is 440. The van der Waals surface area contributed by atoms with Crippen molar-refractivity contribution in [3.05, 3.63) is 22.2 Å². The molecular formula is C12H16ClN3. The van der Waals surface area contributed by atoms with Crippen LogP contribution in [0.3, 0.4) is 0 Å². The molecule has 16 heavy (non-hydrogen) atoms. The van der Waals surface area contributed by atoms with Crippen LogP contribution >= 0.6 is 11.6 Å². The van der Waals surface area contributed by atoms with Crippen LogP contribution in [0.2, 0.25) is 5.28 Å². The third-order valence-electron chi connectivity index (χ3n) is 3.98. The molecule has 1 fully saturated rings. The molecular weight excluding hydrogens is 222 g/mol. The summed E-state index contributed by atoms with van der Waals surface area (Å²) in [5, 5.41) is 0.391. The molecule has 1 aromatic heterocycles. The van der Waals surface area contributed by atoms with Crippen LogP contribution in [-0.2, 0) is 13.0 Å². The standard InChI is InChI=1S/C12H16ClN3/c1-8-9-7-16(12(2)4-5-12)6-3-10(9)15-11(13)14-8/h3-7H2,1-2H3. The summed E-state index contributed by atoms with van der Waals surface area (Å²) in [6, 6.07) is 0. The van der Waals surface area contributed by atoms with E-state index in [0.29, 0.717) is 10.8 Å². The summed E-state index contributed by atoms with van der Waals surface area (Å²) in [7, 11) is 0. The van der Waals surface area contributed by atoms with Crippen molar-refractivity contribution in [2.24, 2.45) is 0 Å². The summed E-state index contributed by atoms with van der Waals surface area (Å²) in [6.45, 7) is 6.49. The molecule has 0 saturated heterocycles. The summed E-state index contributed by atoms with van der Waals surface area (Å²) in [5.74, 6) is 0. The molecule has 1 aliphatic carbocycles. The third kappa shape index (κ3) is 1.62. The smallest absolute Gasteiger partial charge is 0.222 e. The van der Waals surface area contributed by atoms with Crippen molar-refractivity contribution < 1.29 is 0 Å². The third-order valence-corrected chi connectivity index (χ3v) is 4.15. The molecule has 0 radical (unpaired) electrons. The van der Waals surface area contributed by atoms with Gasteiger partial charge in [-0.15, -0.1) is 0 Å². The fourth-order valence-corrected chi connectivity index (χ4v) is 2.73. The fraction of sp³-hybridized carbons (Fsp3) is 0.667. The molecule has 0 amide bonds. The summed E-state index contributed by atoms with van der Waals surface area (Å²) in [5.41, 5.74) is 3.94.